The van der Waals surface area contributed by atoms with Crippen molar-refractivity contribution in [2.24, 2.45) is 5.73 Å². The molecule has 4 N–H and O–H groups in total. The van der Waals surface area contributed by atoms with E-state index in [1.807, 2.05) is 0 Å². The van der Waals surface area contributed by atoms with Gasteiger partial charge in [-0.2, -0.15) is 0 Å². The smallest absolute Gasteiger partial charge is 0.129 e. The topological polar surface area (TPSA) is 82.6 Å². The summed E-state index contributed by atoms with van der Waals surface area (Å²) in [5, 5.41) is 18.9. The number of thiocarbonyl (C=S) groups is 1. The van der Waals surface area contributed by atoms with Gasteiger partial charge in [-0.05, 0) is 12.1 Å². The van der Waals surface area contributed by atoms with Crippen molar-refractivity contribution in [1.82, 2.24) is 4.98 Å². The molecule has 1 aliphatic rings. The molecule has 6 heteroatoms. The van der Waals surface area contributed by atoms with E-state index in [1.165, 1.54) is 0 Å². The van der Waals surface area contributed by atoms with Gasteiger partial charge in [-0.3, -0.25) is 0 Å². The summed E-state index contributed by atoms with van der Waals surface area (Å²) in [6.07, 6.45) is -1.45. The number of anilines is 1. The lowest BCUT2D eigenvalue weighted by Crippen LogP contribution is -2.23. The molecule has 86 valence electrons. The van der Waals surface area contributed by atoms with Crippen LogP contribution in [0.15, 0.2) is 18.2 Å². The second-order valence-electron chi connectivity index (χ2n) is 3.78. The fourth-order valence-corrected chi connectivity index (χ4v) is 1.81. The molecule has 1 aliphatic heterocycles. The van der Waals surface area contributed by atoms with Gasteiger partial charge in [0.05, 0.1) is 17.9 Å². The molecule has 1 fully saturated rings. The molecular weight excluding hydrogens is 226 g/mol. The van der Waals surface area contributed by atoms with Gasteiger partial charge in [-0.15, -0.1) is 0 Å². The lowest BCUT2D eigenvalue weighted by Gasteiger charge is -2.16. The Bertz CT molecular complexity index is 403. The highest BCUT2D eigenvalue weighted by Gasteiger charge is 2.30. The number of β-amino-alcohol motifs (C(OH)–C–C–N with tert-alkyl or cyclic N) is 2. The average Bonchev–Trinajstić information content (AvgIpc) is 2.59. The van der Waals surface area contributed by atoms with Crippen molar-refractivity contribution in [1.29, 1.82) is 0 Å². The van der Waals surface area contributed by atoms with Gasteiger partial charge in [-0.25, -0.2) is 4.98 Å². The first-order valence-corrected chi connectivity index (χ1v) is 5.36. The van der Waals surface area contributed by atoms with Crippen molar-refractivity contribution in [3.8, 4) is 0 Å². The summed E-state index contributed by atoms with van der Waals surface area (Å²) in [6, 6.07) is 5.33. The number of aliphatic hydroxyl groups is 2. The maximum absolute atomic E-state index is 9.44. The first-order valence-electron chi connectivity index (χ1n) is 4.96. The summed E-state index contributed by atoms with van der Waals surface area (Å²) in [5.74, 6) is 0.668. The summed E-state index contributed by atoms with van der Waals surface area (Å²) < 4.78 is 0. The summed E-state index contributed by atoms with van der Waals surface area (Å²) in [6.45, 7) is 0.740. The number of hydrogen-bond acceptors (Lipinski definition) is 5. The van der Waals surface area contributed by atoms with Crippen LogP contribution in [-0.2, 0) is 0 Å². The third-order valence-corrected chi connectivity index (χ3v) is 2.78. The van der Waals surface area contributed by atoms with E-state index in [9.17, 15) is 10.2 Å². The molecule has 16 heavy (non-hydrogen) atoms. The zero-order valence-electron chi connectivity index (χ0n) is 8.58. The molecule has 2 atom stereocenters. The van der Waals surface area contributed by atoms with E-state index in [2.05, 4.69) is 4.98 Å². The van der Waals surface area contributed by atoms with Crippen LogP contribution in [0.4, 0.5) is 5.82 Å². The van der Waals surface area contributed by atoms with Crippen LogP contribution in [0, 0.1) is 0 Å². The third kappa shape index (κ3) is 2.13. The van der Waals surface area contributed by atoms with Crippen molar-refractivity contribution in [2.45, 2.75) is 12.2 Å². The molecule has 1 saturated heterocycles. The maximum atomic E-state index is 9.44. The van der Waals surface area contributed by atoms with Gasteiger partial charge in [0.1, 0.15) is 10.8 Å². The van der Waals surface area contributed by atoms with Crippen molar-refractivity contribution >= 4 is 23.0 Å². The molecule has 0 aliphatic carbocycles. The van der Waals surface area contributed by atoms with E-state index in [0.717, 1.165) is 0 Å². The van der Waals surface area contributed by atoms with E-state index >= 15 is 0 Å². The Kier molecular flexibility index (Phi) is 3.04. The van der Waals surface area contributed by atoms with E-state index in [4.69, 9.17) is 18.0 Å². The minimum Gasteiger partial charge on any atom is -0.389 e. The highest BCUT2D eigenvalue weighted by molar-refractivity contribution is 7.80. The van der Waals surface area contributed by atoms with Gasteiger partial charge in [0, 0.05) is 13.1 Å². The molecule has 2 heterocycles. The molecule has 0 bridgehead atoms. The minimum absolute atomic E-state index is 0.238. The van der Waals surface area contributed by atoms with Crippen LogP contribution in [0.5, 0.6) is 0 Å². The summed E-state index contributed by atoms with van der Waals surface area (Å²) in [7, 11) is 0. The van der Waals surface area contributed by atoms with Gasteiger partial charge < -0.3 is 20.8 Å². The Balaban J connectivity index is 2.21. The fourth-order valence-electron chi connectivity index (χ4n) is 1.69. The van der Waals surface area contributed by atoms with Crippen LogP contribution in [0.3, 0.4) is 0 Å². The second-order valence-corrected chi connectivity index (χ2v) is 4.22. The molecule has 0 radical (unpaired) electrons. The van der Waals surface area contributed by atoms with E-state index in [0.29, 0.717) is 24.6 Å². The average molecular weight is 239 g/mol. The van der Waals surface area contributed by atoms with Gasteiger partial charge >= 0.3 is 0 Å². The summed E-state index contributed by atoms with van der Waals surface area (Å²) in [4.78, 5) is 6.30. The number of nitrogens with zero attached hydrogens (tertiary/aromatic N) is 2. The lowest BCUT2D eigenvalue weighted by molar-refractivity contribution is 0.0572. The molecule has 0 amide bonds. The summed E-state index contributed by atoms with van der Waals surface area (Å²) in [5.41, 5.74) is 6.03. The van der Waals surface area contributed by atoms with Gasteiger partial charge in [0.25, 0.3) is 0 Å². The molecule has 2 unspecified atom stereocenters. The SMILES string of the molecule is NC(=S)c1cccc(N2CC(O)C(O)C2)n1. The molecule has 1 aromatic heterocycles. The maximum Gasteiger partial charge on any atom is 0.129 e. The number of nitrogens with two attached hydrogens (primary N) is 1. The van der Waals surface area contributed by atoms with Crippen LogP contribution in [-0.4, -0.2) is 45.5 Å². The Morgan fingerprint density at radius 2 is 2.00 bits per heavy atom. The zero-order chi connectivity index (χ0) is 11.7. The molecule has 0 aromatic carbocycles. The first kappa shape index (κ1) is 11.3. The van der Waals surface area contributed by atoms with E-state index in [1.54, 1.807) is 23.1 Å². The lowest BCUT2D eigenvalue weighted by atomic mass is 10.3. The second kappa shape index (κ2) is 4.32. The predicted molar refractivity (Wildman–Crippen MR) is 64.4 cm³/mol. The van der Waals surface area contributed by atoms with Crippen molar-refractivity contribution in [3.05, 3.63) is 23.9 Å². The number of pyridine rings is 1. The third-order valence-electron chi connectivity index (χ3n) is 2.57. The highest BCUT2D eigenvalue weighted by atomic mass is 32.1. The quantitative estimate of drug-likeness (QED) is 0.590. The van der Waals surface area contributed by atoms with Crippen LogP contribution in [0.2, 0.25) is 0 Å². The van der Waals surface area contributed by atoms with Crippen LogP contribution < -0.4 is 10.6 Å². The first-order chi connectivity index (χ1) is 7.58. The van der Waals surface area contributed by atoms with Crippen LogP contribution >= 0.6 is 12.2 Å². The summed E-state index contributed by atoms with van der Waals surface area (Å²) >= 11 is 4.84. The van der Waals surface area contributed by atoms with Crippen LogP contribution in [0.25, 0.3) is 0 Å². The van der Waals surface area contributed by atoms with Crippen molar-refractivity contribution in [3.63, 3.8) is 0 Å². The predicted octanol–water partition coefficient (Wildman–Crippen LogP) is -0.742. The Labute approximate surface area is 98.5 Å². The van der Waals surface area contributed by atoms with Gasteiger partial charge in [0.2, 0.25) is 0 Å². The monoisotopic (exact) mass is 239 g/mol. The molecule has 5 nitrogen and oxygen atoms in total. The van der Waals surface area contributed by atoms with E-state index in [-0.39, 0.29) is 4.99 Å². The minimum atomic E-state index is -0.727. The number of aromatic nitrogens is 1. The fraction of sp³-hybridized carbons (Fsp3) is 0.400. The zero-order valence-corrected chi connectivity index (χ0v) is 9.39. The largest absolute Gasteiger partial charge is 0.389 e. The Morgan fingerprint density at radius 3 is 2.56 bits per heavy atom. The van der Waals surface area contributed by atoms with Gasteiger partial charge in [0.15, 0.2) is 0 Å². The number of hydrogen-bond donors (Lipinski definition) is 3. The van der Waals surface area contributed by atoms with Crippen molar-refractivity contribution < 1.29 is 10.2 Å². The van der Waals surface area contributed by atoms with Gasteiger partial charge in [-0.1, -0.05) is 18.3 Å². The number of rotatable bonds is 2. The Hall–Kier alpha value is -1.24. The van der Waals surface area contributed by atoms with Crippen LogP contribution in [0.1, 0.15) is 5.69 Å². The molecule has 0 saturated carbocycles. The molecule has 2 rings (SSSR count). The standard InChI is InChI=1S/C10H13N3O2S/c11-10(16)6-2-1-3-9(12-6)13-4-7(14)8(15)5-13/h1-3,7-8,14-15H,4-5H2,(H2,11,16). The highest BCUT2D eigenvalue weighted by Crippen LogP contribution is 2.18. The molecule has 0 spiro atoms. The van der Waals surface area contributed by atoms with Crippen molar-refractivity contribution in [2.75, 3.05) is 18.0 Å². The molecule has 1 aromatic rings. The molecular formula is C10H13N3O2S. The Morgan fingerprint density at radius 1 is 1.38 bits per heavy atom. The normalized spacial score (nSPS) is 24.8. The van der Waals surface area contributed by atoms with E-state index < -0.39 is 12.2 Å². The number of aliphatic hydroxyl groups excluding tert-OH is 2.